The van der Waals surface area contributed by atoms with Crippen LogP contribution >= 0.6 is 0 Å². The normalized spacial score (nSPS) is 14.6. The second-order valence-electron chi connectivity index (χ2n) is 7.04. The number of nitrogens with zero attached hydrogens (tertiary/aromatic N) is 4. The van der Waals surface area contributed by atoms with E-state index >= 15 is 0 Å². The van der Waals surface area contributed by atoms with E-state index in [-0.39, 0.29) is 35.1 Å². The van der Waals surface area contributed by atoms with Crippen molar-refractivity contribution in [3.05, 3.63) is 71.0 Å². The number of carbonyl (C=O) groups is 2. The smallest absolute Gasteiger partial charge is 0.269 e. The highest BCUT2D eigenvalue weighted by atomic mass is 32.2. The predicted octanol–water partition coefficient (Wildman–Crippen LogP) is 1.88. The summed E-state index contributed by atoms with van der Waals surface area (Å²) in [5.74, 6) is -0.894. The fourth-order valence-corrected chi connectivity index (χ4v) is 4.90. The van der Waals surface area contributed by atoms with Gasteiger partial charge in [0.2, 0.25) is 5.91 Å². The van der Waals surface area contributed by atoms with Crippen molar-refractivity contribution in [2.75, 3.05) is 5.32 Å². The molecular formula is C20H19N5O4S. The number of para-hydroxylation sites is 1. The van der Waals surface area contributed by atoms with E-state index in [4.69, 9.17) is 0 Å². The number of carbonyl (C=O) groups excluding carboxylic acids is 2. The number of nitrogens with one attached hydrogen (secondary N) is 1. The maximum atomic E-state index is 12.6. The van der Waals surface area contributed by atoms with Crippen LogP contribution in [0.25, 0.3) is 0 Å². The van der Waals surface area contributed by atoms with Crippen molar-refractivity contribution in [2.24, 2.45) is 0 Å². The van der Waals surface area contributed by atoms with Gasteiger partial charge >= 0.3 is 0 Å². The van der Waals surface area contributed by atoms with Gasteiger partial charge in [-0.25, -0.2) is 17.4 Å². The van der Waals surface area contributed by atoms with Gasteiger partial charge in [0.05, 0.1) is 18.3 Å². The molecule has 0 aliphatic carbocycles. The van der Waals surface area contributed by atoms with Crippen LogP contribution in [-0.2, 0) is 27.9 Å². The molecule has 2 heterocycles. The van der Waals surface area contributed by atoms with Gasteiger partial charge in [0.1, 0.15) is 17.1 Å². The standard InChI is InChI=1S/C20H19N5O4S/c1-13-6-5-7-14(2)19(13)21-18(26)12-24-10-15(22-23-24)11-25-20(27)16-8-3-4-9-17(16)30(25,28)29/h3-10H,11-12H2,1-2H3,(H,21,26). The van der Waals surface area contributed by atoms with Crippen LogP contribution in [0.4, 0.5) is 5.69 Å². The van der Waals surface area contributed by atoms with Gasteiger partial charge in [-0.05, 0) is 37.1 Å². The molecule has 0 fully saturated rings. The molecule has 0 bridgehead atoms. The van der Waals surface area contributed by atoms with E-state index in [0.29, 0.717) is 0 Å². The SMILES string of the molecule is Cc1cccc(C)c1NC(=O)Cn1cc(CN2C(=O)c3ccccc3S2(=O)=O)nn1. The zero-order chi connectivity index (χ0) is 21.5. The molecule has 0 radical (unpaired) electrons. The molecule has 3 aromatic rings. The molecular weight excluding hydrogens is 406 g/mol. The summed E-state index contributed by atoms with van der Waals surface area (Å²) in [7, 11) is -3.93. The fourth-order valence-electron chi connectivity index (χ4n) is 3.36. The van der Waals surface area contributed by atoms with E-state index in [1.807, 2.05) is 32.0 Å². The number of sulfonamides is 1. The Balaban J connectivity index is 1.46. The van der Waals surface area contributed by atoms with Crippen LogP contribution in [-0.4, -0.2) is 39.5 Å². The summed E-state index contributed by atoms with van der Waals surface area (Å²) in [6.07, 6.45) is 1.45. The minimum absolute atomic E-state index is 0.0182. The van der Waals surface area contributed by atoms with Crippen molar-refractivity contribution in [3.8, 4) is 0 Å². The number of aromatic nitrogens is 3. The average Bonchev–Trinajstić information content (AvgIpc) is 3.22. The van der Waals surface area contributed by atoms with Crippen LogP contribution in [0, 0.1) is 13.8 Å². The minimum Gasteiger partial charge on any atom is -0.324 e. The van der Waals surface area contributed by atoms with Gasteiger partial charge in [-0.2, -0.15) is 0 Å². The van der Waals surface area contributed by atoms with E-state index in [1.165, 1.54) is 23.0 Å². The summed E-state index contributed by atoms with van der Waals surface area (Å²) >= 11 is 0. The van der Waals surface area contributed by atoms with Crippen molar-refractivity contribution in [1.29, 1.82) is 0 Å². The Hall–Kier alpha value is -3.53. The number of aryl methyl sites for hydroxylation is 2. The van der Waals surface area contributed by atoms with Gasteiger partial charge in [0.15, 0.2) is 0 Å². The zero-order valence-corrected chi connectivity index (χ0v) is 17.2. The number of amides is 2. The molecule has 0 saturated heterocycles. The van der Waals surface area contributed by atoms with Crippen LogP contribution < -0.4 is 5.32 Å². The van der Waals surface area contributed by atoms with E-state index in [2.05, 4.69) is 15.6 Å². The lowest BCUT2D eigenvalue weighted by atomic mass is 10.1. The predicted molar refractivity (Wildman–Crippen MR) is 108 cm³/mol. The number of benzene rings is 2. The van der Waals surface area contributed by atoms with Crippen LogP contribution in [0.15, 0.2) is 53.6 Å². The first kappa shape index (κ1) is 19.8. The molecule has 9 nitrogen and oxygen atoms in total. The molecule has 154 valence electrons. The molecule has 1 N–H and O–H groups in total. The third kappa shape index (κ3) is 3.45. The summed E-state index contributed by atoms with van der Waals surface area (Å²) in [5, 5.41) is 10.6. The molecule has 0 unspecified atom stereocenters. The van der Waals surface area contributed by atoms with Gasteiger partial charge in [0.25, 0.3) is 15.9 Å². The highest BCUT2D eigenvalue weighted by molar-refractivity contribution is 7.90. The van der Waals surface area contributed by atoms with Crippen LogP contribution in [0.5, 0.6) is 0 Å². The summed E-state index contributed by atoms with van der Waals surface area (Å²) < 4.78 is 27.3. The lowest BCUT2D eigenvalue weighted by Gasteiger charge is -2.12. The number of hydrogen-bond acceptors (Lipinski definition) is 6. The number of anilines is 1. The number of rotatable bonds is 5. The molecule has 0 spiro atoms. The lowest BCUT2D eigenvalue weighted by Crippen LogP contribution is -2.29. The molecule has 2 amide bonds. The van der Waals surface area contributed by atoms with Crippen molar-refractivity contribution in [1.82, 2.24) is 19.3 Å². The molecule has 2 aromatic carbocycles. The minimum atomic E-state index is -3.93. The first-order valence-corrected chi connectivity index (χ1v) is 10.6. The third-order valence-corrected chi connectivity index (χ3v) is 6.64. The molecule has 10 heteroatoms. The molecule has 0 atom stereocenters. The van der Waals surface area contributed by atoms with E-state index in [0.717, 1.165) is 21.1 Å². The number of fused-ring (bicyclic) bond motifs is 1. The molecule has 4 rings (SSSR count). The van der Waals surface area contributed by atoms with Gasteiger partial charge in [-0.3, -0.25) is 9.59 Å². The Morgan fingerprint density at radius 3 is 2.47 bits per heavy atom. The number of hydrogen-bond donors (Lipinski definition) is 1. The van der Waals surface area contributed by atoms with E-state index in [9.17, 15) is 18.0 Å². The van der Waals surface area contributed by atoms with E-state index < -0.39 is 15.9 Å². The summed E-state index contributed by atoms with van der Waals surface area (Å²) in [6, 6.07) is 11.8. The average molecular weight is 425 g/mol. The maximum Gasteiger partial charge on any atom is 0.269 e. The summed E-state index contributed by atoms with van der Waals surface area (Å²) in [6.45, 7) is 3.46. The first-order chi connectivity index (χ1) is 14.3. The summed E-state index contributed by atoms with van der Waals surface area (Å²) in [4.78, 5) is 24.9. The Morgan fingerprint density at radius 2 is 1.77 bits per heavy atom. The molecule has 1 aromatic heterocycles. The van der Waals surface area contributed by atoms with Crippen LogP contribution in [0.2, 0.25) is 0 Å². The van der Waals surface area contributed by atoms with E-state index in [1.54, 1.807) is 12.1 Å². The van der Waals surface area contributed by atoms with Gasteiger partial charge in [0, 0.05) is 5.69 Å². The molecule has 1 aliphatic heterocycles. The van der Waals surface area contributed by atoms with Crippen molar-refractivity contribution in [3.63, 3.8) is 0 Å². The Bertz CT molecular complexity index is 1250. The Kier molecular flexibility index (Phi) is 4.86. The second kappa shape index (κ2) is 7.38. The van der Waals surface area contributed by atoms with Crippen LogP contribution in [0.1, 0.15) is 27.2 Å². The monoisotopic (exact) mass is 425 g/mol. The first-order valence-electron chi connectivity index (χ1n) is 9.18. The Labute approximate surface area is 173 Å². The molecule has 30 heavy (non-hydrogen) atoms. The largest absolute Gasteiger partial charge is 0.324 e. The molecule has 0 saturated carbocycles. The highest BCUT2D eigenvalue weighted by Crippen LogP contribution is 2.30. The van der Waals surface area contributed by atoms with Crippen LogP contribution in [0.3, 0.4) is 0 Å². The van der Waals surface area contributed by atoms with Gasteiger partial charge in [-0.1, -0.05) is 35.5 Å². The summed E-state index contributed by atoms with van der Waals surface area (Å²) in [5.41, 5.74) is 3.03. The second-order valence-corrected chi connectivity index (χ2v) is 8.87. The third-order valence-electron chi connectivity index (χ3n) is 4.85. The van der Waals surface area contributed by atoms with Crippen molar-refractivity contribution in [2.45, 2.75) is 31.8 Å². The quantitative estimate of drug-likeness (QED) is 0.668. The maximum absolute atomic E-state index is 12.6. The zero-order valence-electron chi connectivity index (χ0n) is 16.4. The van der Waals surface area contributed by atoms with Gasteiger partial charge in [-0.15, -0.1) is 5.10 Å². The Morgan fingerprint density at radius 1 is 1.07 bits per heavy atom. The lowest BCUT2D eigenvalue weighted by molar-refractivity contribution is -0.116. The fraction of sp³-hybridized carbons (Fsp3) is 0.200. The van der Waals surface area contributed by atoms with Crippen molar-refractivity contribution >= 4 is 27.5 Å². The molecule has 1 aliphatic rings. The highest BCUT2D eigenvalue weighted by Gasteiger charge is 2.41. The van der Waals surface area contributed by atoms with Crippen molar-refractivity contribution < 1.29 is 18.0 Å². The van der Waals surface area contributed by atoms with Gasteiger partial charge < -0.3 is 5.32 Å². The topological polar surface area (TPSA) is 114 Å².